The van der Waals surface area contributed by atoms with Gasteiger partial charge in [0.15, 0.2) is 0 Å². The third kappa shape index (κ3) is 3.95. The maximum absolute atomic E-state index is 11.3. The van der Waals surface area contributed by atoms with Crippen molar-refractivity contribution < 1.29 is 4.92 Å². The lowest BCUT2D eigenvalue weighted by molar-refractivity contribution is -0.384. The molecule has 1 atom stereocenters. The molecule has 1 heterocycles. The first-order valence-corrected chi connectivity index (χ1v) is 7.21. The number of nitrogens with zero attached hydrogens (tertiary/aromatic N) is 3. The SMILES string of the molecule is CC(C)CCC(C)Nc1c([N+](=O)[O-])c(C(C)C)nn1C. The molecule has 1 rings (SSSR count). The third-order valence-electron chi connectivity index (χ3n) is 3.34. The maximum atomic E-state index is 11.3. The van der Waals surface area contributed by atoms with Crippen LogP contribution in [0, 0.1) is 16.0 Å². The van der Waals surface area contributed by atoms with E-state index in [-0.39, 0.29) is 22.6 Å². The Bertz CT molecular complexity index is 466. The summed E-state index contributed by atoms with van der Waals surface area (Å²) >= 11 is 0. The summed E-state index contributed by atoms with van der Waals surface area (Å²) in [6, 6.07) is 0.187. The van der Waals surface area contributed by atoms with E-state index in [1.54, 1.807) is 11.7 Å². The maximum Gasteiger partial charge on any atom is 0.334 e. The summed E-state index contributed by atoms with van der Waals surface area (Å²) in [5.41, 5.74) is 0.648. The van der Waals surface area contributed by atoms with Crippen molar-refractivity contribution in [3.63, 3.8) is 0 Å². The zero-order valence-corrected chi connectivity index (χ0v) is 13.3. The second-order valence-corrected chi connectivity index (χ2v) is 6.13. The summed E-state index contributed by atoms with van der Waals surface area (Å²) in [4.78, 5) is 11.0. The molecule has 20 heavy (non-hydrogen) atoms. The van der Waals surface area contributed by atoms with E-state index in [2.05, 4.69) is 24.3 Å². The molecule has 0 bridgehead atoms. The minimum absolute atomic E-state index is 0.0307. The highest BCUT2D eigenvalue weighted by atomic mass is 16.6. The van der Waals surface area contributed by atoms with E-state index in [9.17, 15) is 10.1 Å². The lowest BCUT2D eigenvalue weighted by atomic mass is 10.0. The lowest BCUT2D eigenvalue weighted by Crippen LogP contribution is -2.18. The van der Waals surface area contributed by atoms with Crippen LogP contribution < -0.4 is 5.32 Å². The molecular formula is C14H26N4O2. The van der Waals surface area contributed by atoms with E-state index in [0.717, 1.165) is 12.8 Å². The molecule has 0 aliphatic rings. The Morgan fingerprint density at radius 3 is 2.30 bits per heavy atom. The van der Waals surface area contributed by atoms with Gasteiger partial charge in [0.2, 0.25) is 5.82 Å². The Balaban J connectivity index is 2.97. The Hall–Kier alpha value is -1.59. The fourth-order valence-electron chi connectivity index (χ4n) is 2.15. The molecule has 0 saturated heterocycles. The summed E-state index contributed by atoms with van der Waals surface area (Å²) in [6.45, 7) is 10.2. The molecule has 0 aromatic carbocycles. The number of hydrogen-bond donors (Lipinski definition) is 1. The second kappa shape index (κ2) is 6.72. The first-order valence-electron chi connectivity index (χ1n) is 7.21. The molecule has 1 N–H and O–H groups in total. The van der Waals surface area contributed by atoms with E-state index in [1.165, 1.54) is 0 Å². The molecule has 6 nitrogen and oxygen atoms in total. The van der Waals surface area contributed by atoms with E-state index in [0.29, 0.717) is 17.4 Å². The van der Waals surface area contributed by atoms with Crippen molar-refractivity contribution in [2.45, 2.75) is 59.4 Å². The normalized spacial score (nSPS) is 13.0. The van der Waals surface area contributed by atoms with Crippen LogP contribution in [0.1, 0.15) is 59.1 Å². The zero-order valence-electron chi connectivity index (χ0n) is 13.3. The molecule has 1 aromatic rings. The van der Waals surface area contributed by atoms with Crippen molar-refractivity contribution in [1.29, 1.82) is 0 Å². The lowest BCUT2D eigenvalue weighted by Gasteiger charge is -2.15. The molecular weight excluding hydrogens is 256 g/mol. The predicted molar refractivity (Wildman–Crippen MR) is 81.1 cm³/mol. The monoisotopic (exact) mass is 282 g/mol. The Labute approximate surface area is 120 Å². The smallest absolute Gasteiger partial charge is 0.334 e. The summed E-state index contributed by atoms with van der Waals surface area (Å²) in [6.07, 6.45) is 2.08. The number of nitro groups is 1. The fourth-order valence-corrected chi connectivity index (χ4v) is 2.15. The number of hydrogen-bond acceptors (Lipinski definition) is 4. The van der Waals surface area contributed by atoms with Gasteiger partial charge in [-0.3, -0.25) is 10.1 Å². The van der Waals surface area contributed by atoms with Gasteiger partial charge in [-0.2, -0.15) is 5.10 Å². The Morgan fingerprint density at radius 1 is 1.25 bits per heavy atom. The minimum Gasteiger partial charge on any atom is -0.362 e. The van der Waals surface area contributed by atoms with Crippen LogP contribution >= 0.6 is 0 Å². The van der Waals surface area contributed by atoms with Crippen molar-refractivity contribution in [2.24, 2.45) is 13.0 Å². The molecule has 114 valence electrons. The molecule has 0 radical (unpaired) electrons. The summed E-state index contributed by atoms with van der Waals surface area (Å²) in [7, 11) is 1.75. The number of aryl methyl sites for hydroxylation is 1. The quantitative estimate of drug-likeness (QED) is 0.611. The second-order valence-electron chi connectivity index (χ2n) is 6.13. The molecule has 0 spiro atoms. The van der Waals surface area contributed by atoms with Gasteiger partial charge in [-0.1, -0.05) is 27.7 Å². The van der Waals surface area contributed by atoms with Crippen molar-refractivity contribution >= 4 is 11.5 Å². The molecule has 0 aliphatic carbocycles. The van der Waals surface area contributed by atoms with Gasteiger partial charge in [-0.15, -0.1) is 0 Å². The Morgan fingerprint density at radius 2 is 1.85 bits per heavy atom. The highest BCUT2D eigenvalue weighted by Gasteiger charge is 2.29. The first kappa shape index (κ1) is 16.5. The van der Waals surface area contributed by atoms with Gasteiger partial charge >= 0.3 is 5.69 Å². The van der Waals surface area contributed by atoms with Crippen LogP contribution in [0.5, 0.6) is 0 Å². The van der Waals surface area contributed by atoms with Crippen LogP contribution in [0.2, 0.25) is 0 Å². The van der Waals surface area contributed by atoms with Crippen LogP contribution in [0.4, 0.5) is 11.5 Å². The molecule has 0 fully saturated rings. The molecule has 1 aromatic heterocycles. The van der Waals surface area contributed by atoms with Crippen LogP contribution in [0.15, 0.2) is 0 Å². The van der Waals surface area contributed by atoms with E-state index in [1.807, 2.05) is 20.8 Å². The minimum atomic E-state index is -0.333. The molecule has 0 amide bonds. The van der Waals surface area contributed by atoms with E-state index >= 15 is 0 Å². The molecule has 0 saturated carbocycles. The first-order chi connectivity index (χ1) is 9.23. The van der Waals surface area contributed by atoms with Crippen LogP contribution in [-0.2, 0) is 7.05 Å². The van der Waals surface area contributed by atoms with Gasteiger partial charge < -0.3 is 5.32 Å². The van der Waals surface area contributed by atoms with Crippen molar-refractivity contribution in [3.05, 3.63) is 15.8 Å². The van der Waals surface area contributed by atoms with Gasteiger partial charge in [-0.05, 0) is 25.7 Å². The average molecular weight is 282 g/mol. The molecule has 0 aliphatic heterocycles. The summed E-state index contributed by atoms with van der Waals surface area (Å²) < 4.78 is 1.58. The standard InChI is InChI=1S/C14H26N4O2/c1-9(2)7-8-11(5)15-14-13(18(19)20)12(10(3)4)16-17(14)6/h9-11,15H,7-8H2,1-6H3. The van der Waals surface area contributed by atoms with Gasteiger partial charge in [0.25, 0.3) is 0 Å². The van der Waals surface area contributed by atoms with Gasteiger partial charge in [0.1, 0.15) is 5.69 Å². The largest absolute Gasteiger partial charge is 0.362 e. The van der Waals surface area contributed by atoms with Gasteiger partial charge in [0.05, 0.1) is 4.92 Å². The van der Waals surface area contributed by atoms with Crippen LogP contribution in [0.3, 0.4) is 0 Å². The van der Waals surface area contributed by atoms with E-state index < -0.39 is 0 Å². The fraction of sp³-hybridized carbons (Fsp3) is 0.786. The number of aromatic nitrogens is 2. The summed E-state index contributed by atoms with van der Waals surface area (Å²) in [5, 5.41) is 18.9. The van der Waals surface area contributed by atoms with E-state index in [4.69, 9.17) is 0 Å². The number of anilines is 1. The zero-order chi connectivity index (χ0) is 15.4. The van der Waals surface area contributed by atoms with Crippen LogP contribution in [0.25, 0.3) is 0 Å². The predicted octanol–water partition coefficient (Wildman–Crippen LogP) is 3.69. The van der Waals surface area contributed by atoms with Crippen molar-refractivity contribution in [1.82, 2.24) is 9.78 Å². The number of rotatable bonds is 7. The highest BCUT2D eigenvalue weighted by Crippen LogP contribution is 2.33. The third-order valence-corrected chi connectivity index (χ3v) is 3.34. The van der Waals surface area contributed by atoms with Gasteiger partial charge in [-0.25, -0.2) is 4.68 Å². The van der Waals surface area contributed by atoms with Crippen molar-refractivity contribution in [3.8, 4) is 0 Å². The number of nitrogens with one attached hydrogen (secondary N) is 1. The molecule has 1 unspecified atom stereocenters. The highest BCUT2D eigenvalue weighted by molar-refractivity contribution is 5.61. The topological polar surface area (TPSA) is 73.0 Å². The summed E-state index contributed by atoms with van der Waals surface area (Å²) in [5.74, 6) is 1.17. The average Bonchev–Trinajstić information content (AvgIpc) is 2.64. The van der Waals surface area contributed by atoms with Gasteiger partial charge in [0, 0.05) is 19.0 Å². The van der Waals surface area contributed by atoms with Crippen LogP contribution in [-0.4, -0.2) is 20.7 Å². The van der Waals surface area contributed by atoms with Crippen molar-refractivity contribution in [2.75, 3.05) is 5.32 Å². The Kier molecular flexibility index (Phi) is 5.53. The molecule has 6 heteroatoms.